The molecule has 0 bridgehead atoms. The van der Waals surface area contributed by atoms with Crippen LogP contribution in [0.15, 0.2) is 41.1 Å². The lowest BCUT2D eigenvalue weighted by molar-refractivity contribution is 0.102. The van der Waals surface area contributed by atoms with Gasteiger partial charge < -0.3 is 10.1 Å². The number of ether oxygens (including phenoxy) is 1. The Bertz CT molecular complexity index is 614. The van der Waals surface area contributed by atoms with E-state index in [0.29, 0.717) is 17.0 Å². The van der Waals surface area contributed by atoms with Gasteiger partial charge in [0.2, 0.25) is 0 Å². The van der Waals surface area contributed by atoms with E-state index in [1.165, 1.54) is 0 Å². The first-order chi connectivity index (χ1) is 9.11. The van der Waals surface area contributed by atoms with Crippen LogP contribution < -0.4 is 10.1 Å². The van der Waals surface area contributed by atoms with Crippen LogP contribution in [0.1, 0.15) is 15.9 Å². The van der Waals surface area contributed by atoms with Crippen LogP contribution in [0.25, 0.3) is 0 Å². The van der Waals surface area contributed by atoms with E-state index in [-0.39, 0.29) is 5.91 Å². The van der Waals surface area contributed by atoms with Crippen LogP contribution in [0.2, 0.25) is 0 Å². The minimum atomic E-state index is -0.181. The maximum atomic E-state index is 12.1. The van der Waals surface area contributed by atoms with Gasteiger partial charge in [-0.15, -0.1) is 0 Å². The van der Waals surface area contributed by atoms with Gasteiger partial charge in [0, 0.05) is 11.8 Å². The lowest BCUT2D eigenvalue weighted by Gasteiger charge is -2.09. The Kier molecular flexibility index (Phi) is 4.16. The van der Waals surface area contributed by atoms with Gasteiger partial charge in [0.05, 0.1) is 23.5 Å². The van der Waals surface area contributed by atoms with Crippen molar-refractivity contribution in [2.75, 3.05) is 12.4 Å². The first-order valence-electron chi connectivity index (χ1n) is 5.67. The van der Waals surface area contributed by atoms with Gasteiger partial charge in [0.1, 0.15) is 5.75 Å². The van der Waals surface area contributed by atoms with E-state index in [9.17, 15) is 4.79 Å². The van der Waals surface area contributed by atoms with E-state index >= 15 is 0 Å². The second-order valence-electron chi connectivity index (χ2n) is 3.99. The number of aryl methyl sites for hydroxylation is 1. The number of hydrogen-bond acceptors (Lipinski definition) is 3. The molecule has 1 heterocycles. The Morgan fingerprint density at radius 1 is 1.37 bits per heavy atom. The monoisotopic (exact) mass is 320 g/mol. The molecule has 0 aliphatic heterocycles. The molecule has 0 aliphatic rings. The lowest BCUT2D eigenvalue weighted by Crippen LogP contribution is -2.13. The van der Waals surface area contributed by atoms with Crippen LogP contribution in [0.3, 0.4) is 0 Å². The van der Waals surface area contributed by atoms with E-state index < -0.39 is 0 Å². The molecule has 1 N–H and O–H groups in total. The van der Waals surface area contributed by atoms with Gasteiger partial charge in [-0.1, -0.05) is 0 Å². The van der Waals surface area contributed by atoms with E-state index in [4.69, 9.17) is 4.74 Å². The van der Waals surface area contributed by atoms with Crippen LogP contribution >= 0.6 is 15.9 Å². The summed E-state index contributed by atoms with van der Waals surface area (Å²) in [6.45, 7) is 1.92. The Morgan fingerprint density at radius 3 is 2.79 bits per heavy atom. The number of pyridine rings is 1. The molecular formula is C14H13BrN2O2. The van der Waals surface area contributed by atoms with Crippen molar-refractivity contribution in [1.29, 1.82) is 0 Å². The predicted octanol–water partition coefficient (Wildman–Crippen LogP) is 3.41. The highest BCUT2D eigenvalue weighted by molar-refractivity contribution is 9.10. The topological polar surface area (TPSA) is 51.2 Å². The molecule has 1 aromatic heterocycles. The van der Waals surface area contributed by atoms with Gasteiger partial charge in [-0.3, -0.25) is 9.78 Å². The Hall–Kier alpha value is -1.88. The summed E-state index contributed by atoms with van der Waals surface area (Å²) in [5.41, 5.74) is 2.23. The molecule has 0 aliphatic carbocycles. The molecule has 1 aromatic carbocycles. The van der Waals surface area contributed by atoms with Crippen molar-refractivity contribution in [3.63, 3.8) is 0 Å². The molecule has 98 valence electrons. The summed E-state index contributed by atoms with van der Waals surface area (Å²) in [6, 6.07) is 7.03. The van der Waals surface area contributed by atoms with Crippen molar-refractivity contribution in [2.45, 2.75) is 6.92 Å². The third-order valence-electron chi connectivity index (χ3n) is 2.70. The minimum absolute atomic E-state index is 0.181. The molecule has 0 fully saturated rings. The lowest BCUT2D eigenvalue weighted by atomic mass is 10.2. The molecule has 0 spiro atoms. The summed E-state index contributed by atoms with van der Waals surface area (Å²) in [6.07, 6.45) is 3.32. The molecular weight excluding hydrogens is 308 g/mol. The third-order valence-corrected chi connectivity index (χ3v) is 3.32. The van der Waals surface area contributed by atoms with Crippen molar-refractivity contribution >= 4 is 27.5 Å². The summed E-state index contributed by atoms with van der Waals surface area (Å²) in [4.78, 5) is 16.1. The van der Waals surface area contributed by atoms with Crippen molar-refractivity contribution in [3.8, 4) is 5.75 Å². The van der Waals surface area contributed by atoms with E-state index in [0.717, 1.165) is 10.0 Å². The number of anilines is 1. The Balaban J connectivity index is 2.21. The number of halogens is 1. The minimum Gasteiger partial charge on any atom is -0.496 e. The van der Waals surface area contributed by atoms with Crippen LogP contribution in [-0.2, 0) is 0 Å². The number of nitrogens with one attached hydrogen (secondary N) is 1. The number of carbonyl (C=O) groups is 1. The summed E-state index contributed by atoms with van der Waals surface area (Å²) in [5.74, 6) is 0.508. The van der Waals surface area contributed by atoms with Gasteiger partial charge in [-0.25, -0.2) is 0 Å². The Morgan fingerprint density at radius 2 is 2.16 bits per heavy atom. The molecule has 0 unspecified atom stereocenters. The van der Waals surface area contributed by atoms with Crippen molar-refractivity contribution in [1.82, 2.24) is 4.98 Å². The zero-order valence-corrected chi connectivity index (χ0v) is 12.2. The first-order valence-corrected chi connectivity index (χ1v) is 6.46. The standard InChI is InChI=1S/C14H13BrN2O2/c1-9-5-6-16-8-12(9)17-14(18)10-3-4-13(19-2)11(15)7-10/h3-8H,1-2H3,(H,17,18). The maximum Gasteiger partial charge on any atom is 0.255 e. The number of methoxy groups -OCH3 is 1. The number of aromatic nitrogens is 1. The molecule has 19 heavy (non-hydrogen) atoms. The Labute approximate surface area is 119 Å². The second-order valence-corrected chi connectivity index (χ2v) is 4.85. The number of carbonyl (C=O) groups excluding carboxylic acids is 1. The summed E-state index contributed by atoms with van der Waals surface area (Å²) in [7, 11) is 1.58. The second kappa shape index (κ2) is 5.84. The van der Waals surface area contributed by atoms with Crippen molar-refractivity contribution < 1.29 is 9.53 Å². The fourth-order valence-electron chi connectivity index (χ4n) is 1.60. The van der Waals surface area contributed by atoms with Gasteiger partial charge in [0.15, 0.2) is 0 Å². The highest BCUT2D eigenvalue weighted by atomic mass is 79.9. The highest BCUT2D eigenvalue weighted by Gasteiger charge is 2.10. The van der Waals surface area contributed by atoms with Gasteiger partial charge in [-0.2, -0.15) is 0 Å². The number of rotatable bonds is 3. The van der Waals surface area contributed by atoms with Crippen molar-refractivity contribution in [2.24, 2.45) is 0 Å². The molecule has 0 saturated carbocycles. The first kappa shape index (κ1) is 13.5. The molecule has 0 radical (unpaired) electrons. The largest absolute Gasteiger partial charge is 0.496 e. The molecule has 1 amide bonds. The van der Waals surface area contributed by atoms with E-state index in [1.807, 2.05) is 13.0 Å². The fourth-order valence-corrected chi connectivity index (χ4v) is 2.14. The van der Waals surface area contributed by atoms with Gasteiger partial charge in [0.25, 0.3) is 5.91 Å². The summed E-state index contributed by atoms with van der Waals surface area (Å²) < 4.78 is 5.87. The number of amides is 1. The quantitative estimate of drug-likeness (QED) is 0.942. The molecule has 2 rings (SSSR count). The molecule has 4 nitrogen and oxygen atoms in total. The van der Waals surface area contributed by atoms with Gasteiger partial charge >= 0.3 is 0 Å². The molecule has 0 saturated heterocycles. The van der Waals surface area contributed by atoms with Crippen molar-refractivity contribution in [3.05, 3.63) is 52.3 Å². The summed E-state index contributed by atoms with van der Waals surface area (Å²) >= 11 is 3.36. The molecule has 0 atom stereocenters. The highest BCUT2D eigenvalue weighted by Crippen LogP contribution is 2.26. The zero-order valence-electron chi connectivity index (χ0n) is 10.6. The van der Waals surface area contributed by atoms with E-state index in [2.05, 4.69) is 26.2 Å². The SMILES string of the molecule is COc1ccc(C(=O)Nc2cnccc2C)cc1Br. The third kappa shape index (κ3) is 3.12. The molecule has 2 aromatic rings. The van der Waals surface area contributed by atoms with Crippen LogP contribution in [-0.4, -0.2) is 18.0 Å². The van der Waals surface area contributed by atoms with Crippen LogP contribution in [0.4, 0.5) is 5.69 Å². The predicted molar refractivity (Wildman–Crippen MR) is 77.6 cm³/mol. The number of hydrogen-bond donors (Lipinski definition) is 1. The van der Waals surface area contributed by atoms with Crippen LogP contribution in [0.5, 0.6) is 5.75 Å². The fraction of sp³-hybridized carbons (Fsp3) is 0.143. The average Bonchev–Trinajstić information content (AvgIpc) is 2.41. The smallest absolute Gasteiger partial charge is 0.255 e. The average molecular weight is 321 g/mol. The summed E-state index contributed by atoms with van der Waals surface area (Å²) in [5, 5.41) is 2.83. The zero-order chi connectivity index (χ0) is 13.8. The van der Waals surface area contributed by atoms with Crippen LogP contribution in [0, 0.1) is 6.92 Å². The van der Waals surface area contributed by atoms with E-state index in [1.54, 1.807) is 37.7 Å². The number of benzene rings is 1. The molecule has 5 heteroatoms. The van der Waals surface area contributed by atoms with Gasteiger partial charge in [-0.05, 0) is 52.7 Å². The number of nitrogens with zero attached hydrogens (tertiary/aromatic N) is 1. The normalized spacial score (nSPS) is 10.1. The maximum absolute atomic E-state index is 12.1.